The Bertz CT molecular complexity index is 577. The number of benzene rings is 1. The molecule has 1 aliphatic rings. The summed E-state index contributed by atoms with van der Waals surface area (Å²) in [6.45, 7) is 7.43. The molecule has 146 valence electrons. The second kappa shape index (κ2) is 10.9. The quantitative estimate of drug-likeness (QED) is 0.401. The highest BCUT2D eigenvalue weighted by Gasteiger charge is 2.15. The molecule has 1 saturated heterocycles. The zero-order valence-electron chi connectivity index (χ0n) is 16.5. The second-order valence-electron chi connectivity index (χ2n) is 7.03. The first kappa shape index (κ1) is 20.4. The summed E-state index contributed by atoms with van der Waals surface area (Å²) in [5.41, 5.74) is 7.13. The van der Waals surface area contributed by atoms with E-state index in [4.69, 9.17) is 15.2 Å². The van der Waals surface area contributed by atoms with Gasteiger partial charge in [0.25, 0.3) is 0 Å². The number of nitrogens with one attached hydrogen (secondary N) is 1. The van der Waals surface area contributed by atoms with Crippen molar-refractivity contribution in [2.75, 3.05) is 46.9 Å². The van der Waals surface area contributed by atoms with Crippen LogP contribution in [0.5, 0.6) is 11.5 Å². The lowest BCUT2D eigenvalue weighted by atomic mass is 10.0. The van der Waals surface area contributed by atoms with Crippen LogP contribution in [0.2, 0.25) is 0 Å². The maximum atomic E-state index is 5.96. The minimum absolute atomic E-state index is 0.525. The lowest BCUT2D eigenvalue weighted by Crippen LogP contribution is -2.35. The van der Waals surface area contributed by atoms with E-state index >= 15 is 0 Å². The zero-order chi connectivity index (χ0) is 18.8. The second-order valence-corrected chi connectivity index (χ2v) is 7.03. The molecule has 0 amide bonds. The third-order valence-electron chi connectivity index (χ3n) is 4.82. The number of methoxy groups -OCH3 is 2. The smallest absolute Gasteiger partial charge is 0.188 e. The van der Waals surface area contributed by atoms with E-state index in [-0.39, 0.29) is 0 Å². The van der Waals surface area contributed by atoms with Crippen LogP contribution in [0.15, 0.2) is 23.2 Å². The number of piperidine rings is 1. The van der Waals surface area contributed by atoms with Gasteiger partial charge in [-0.15, -0.1) is 0 Å². The molecule has 1 aromatic rings. The van der Waals surface area contributed by atoms with Crippen molar-refractivity contribution in [3.05, 3.63) is 23.8 Å². The third-order valence-corrected chi connectivity index (χ3v) is 4.82. The Morgan fingerprint density at radius 3 is 2.85 bits per heavy atom. The molecule has 0 bridgehead atoms. The first-order valence-corrected chi connectivity index (χ1v) is 9.59. The highest BCUT2D eigenvalue weighted by atomic mass is 16.5. The number of guanidine groups is 1. The fourth-order valence-corrected chi connectivity index (χ4v) is 3.41. The molecule has 6 heteroatoms. The Balaban J connectivity index is 1.65. The summed E-state index contributed by atoms with van der Waals surface area (Å²) in [5.74, 6) is 2.85. The molecule has 6 nitrogen and oxygen atoms in total. The Morgan fingerprint density at radius 1 is 1.31 bits per heavy atom. The van der Waals surface area contributed by atoms with E-state index in [1.807, 2.05) is 18.2 Å². The fourth-order valence-electron chi connectivity index (χ4n) is 3.41. The number of hydrogen-bond donors (Lipinski definition) is 2. The number of nitrogens with zero attached hydrogens (tertiary/aromatic N) is 2. The molecule has 0 saturated carbocycles. The van der Waals surface area contributed by atoms with E-state index in [0.29, 0.717) is 5.96 Å². The van der Waals surface area contributed by atoms with Crippen LogP contribution in [-0.4, -0.2) is 57.8 Å². The topological polar surface area (TPSA) is 72.1 Å². The lowest BCUT2D eigenvalue weighted by Gasteiger charge is -2.30. The van der Waals surface area contributed by atoms with Crippen LogP contribution >= 0.6 is 0 Å². The first-order chi connectivity index (χ1) is 12.6. The molecule has 1 aliphatic heterocycles. The van der Waals surface area contributed by atoms with Gasteiger partial charge in [-0.05, 0) is 62.4 Å². The fraction of sp³-hybridized carbons (Fsp3) is 0.650. The van der Waals surface area contributed by atoms with Crippen LogP contribution in [0.3, 0.4) is 0 Å². The molecule has 0 radical (unpaired) electrons. The molecule has 3 N–H and O–H groups in total. The predicted molar refractivity (Wildman–Crippen MR) is 107 cm³/mol. The molecule has 1 aromatic carbocycles. The SMILES string of the molecule is COc1ccc(CCNC(N)=NCCCN2CCCC(C)C2)cc1OC. The summed E-state index contributed by atoms with van der Waals surface area (Å²) in [6, 6.07) is 5.95. The van der Waals surface area contributed by atoms with Gasteiger partial charge in [-0.25, -0.2) is 0 Å². The van der Waals surface area contributed by atoms with E-state index < -0.39 is 0 Å². The van der Waals surface area contributed by atoms with Crippen LogP contribution in [0, 0.1) is 5.92 Å². The maximum Gasteiger partial charge on any atom is 0.188 e. The van der Waals surface area contributed by atoms with E-state index in [1.165, 1.54) is 31.5 Å². The van der Waals surface area contributed by atoms with Crippen molar-refractivity contribution >= 4 is 5.96 Å². The van der Waals surface area contributed by atoms with Gasteiger partial charge < -0.3 is 25.4 Å². The first-order valence-electron chi connectivity index (χ1n) is 9.59. The standard InChI is InChI=1S/C20H34N4O2/c1-16-6-4-12-24(15-16)13-5-10-22-20(21)23-11-9-17-7-8-18(25-2)19(14-17)26-3/h7-8,14,16H,4-6,9-13,15H2,1-3H3,(H3,21,22,23). The molecule has 2 rings (SSSR count). The number of aliphatic imine (C=N–C) groups is 1. The zero-order valence-corrected chi connectivity index (χ0v) is 16.5. The summed E-state index contributed by atoms with van der Waals surface area (Å²) in [6.07, 6.45) is 4.60. The largest absolute Gasteiger partial charge is 0.493 e. The number of ether oxygens (including phenoxy) is 2. The highest BCUT2D eigenvalue weighted by molar-refractivity contribution is 5.77. The average molecular weight is 363 g/mol. The van der Waals surface area contributed by atoms with Gasteiger partial charge >= 0.3 is 0 Å². The molecule has 26 heavy (non-hydrogen) atoms. The van der Waals surface area contributed by atoms with Gasteiger partial charge in [0.2, 0.25) is 0 Å². The van der Waals surface area contributed by atoms with E-state index in [9.17, 15) is 0 Å². The summed E-state index contributed by atoms with van der Waals surface area (Å²) in [7, 11) is 3.29. The van der Waals surface area contributed by atoms with Crippen molar-refractivity contribution in [1.82, 2.24) is 10.2 Å². The van der Waals surface area contributed by atoms with E-state index in [0.717, 1.165) is 49.9 Å². The van der Waals surface area contributed by atoms with Crippen molar-refractivity contribution in [3.8, 4) is 11.5 Å². The van der Waals surface area contributed by atoms with E-state index in [1.54, 1.807) is 14.2 Å². The van der Waals surface area contributed by atoms with Crippen molar-refractivity contribution in [2.24, 2.45) is 16.6 Å². The Morgan fingerprint density at radius 2 is 2.12 bits per heavy atom. The van der Waals surface area contributed by atoms with Gasteiger partial charge in [0.1, 0.15) is 0 Å². The predicted octanol–water partition coefficient (Wildman–Crippen LogP) is 2.27. The average Bonchev–Trinajstić information content (AvgIpc) is 2.65. The molecule has 0 aliphatic carbocycles. The van der Waals surface area contributed by atoms with Crippen LogP contribution in [-0.2, 0) is 6.42 Å². The molecular weight excluding hydrogens is 328 g/mol. The Labute approximate surface area is 157 Å². The molecule has 0 spiro atoms. The number of likely N-dealkylation sites (tertiary alicyclic amines) is 1. The van der Waals surface area contributed by atoms with Gasteiger partial charge in [-0.1, -0.05) is 13.0 Å². The molecule has 1 atom stereocenters. The third kappa shape index (κ3) is 6.75. The van der Waals surface area contributed by atoms with Crippen LogP contribution < -0.4 is 20.5 Å². The van der Waals surface area contributed by atoms with E-state index in [2.05, 4.69) is 22.1 Å². The summed E-state index contributed by atoms with van der Waals surface area (Å²) < 4.78 is 10.6. The molecular formula is C20H34N4O2. The van der Waals surface area contributed by atoms with Gasteiger partial charge in [0.05, 0.1) is 14.2 Å². The highest BCUT2D eigenvalue weighted by Crippen LogP contribution is 2.27. The molecule has 1 fully saturated rings. The van der Waals surface area contributed by atoms with Crippen LogP contribution in [0.1, 0.15) is 31.7 Å². The Hall–Kier alpha value is -1.95. The van der Waals surface area contributed by atoms with Gasteiger partial charge in [0, 0.05) is 19.6 Å². The number of hydrogen-bond acceptors (Lipinski definition) is 4. The number of rotatable bonds is 9. The summed E-state index contributed by atoms with van der Waals surface area (Å²) in [4.78, 5) is 6.98. The summed E-state index contributed by atoms with van der Waals surface area (Å²) >= 11 is 0. The van der Waals surface area contributed by atoms with Crippen LogP contribution in [0.4, 0.5) is 0 Å². The lowest BCUT2D eigenvalue weighted by molar-refractivity contribution is 0.183. The van der Waals surface area contributed by atoms with Crippen molar-refractivity contribution in [3.63, 3.8) is 0 Å². The normalized spacial score (nSPS) is 18.6. The molecule has 1 unspecified atom stereocenters. The number of nitrogens with two attached hydrogens (primary N) is 1. The van der Waals surface area contributed by atoms with Crippen molar-refractivity contribution in [2.45, 2.75) is 32.6 Å². The van der Waals surface area contributed by atoms with Gasteiger partial charge in [0.15, 0.2) is 17.5 Å². The van der Waals surface area contributed by atoms with Crippen molar-refractivity contribution in [1.29, 1.82) is 0 Å². The molecule has 0 aromatic heterocycles. The maximum absolute atomic E-state index is 5.96. The monoisotopic (exact) mass is 362 g/mol. The minimum Gasteiger partial charge on any atom is -0.493 e. The molecule has 1 heterocycles. The van der Waals surface area contributed by atoms with Gasteiger partial charge in [-0.2, -0.15) is 0 Å². The summed E-state index contributed by atoms with van der Waals surface area (Å²) in [5, 5.41) is 3.18. The minimum atomic E-state index is 0.525. The Kier molecular flexibility index (Phi) is 8.54. The van der Waals surface area contributed by atoms with Crippen molar-refractivity contribution < 1.29 is 9.47 Å². The van der Waals surface area contributed by atoms with Gasteiger partial charge in [-0.3, -0.25) is 4.99 Å². The van der Waals surface area contributed by atoms with Crippen LogP contribution in [0.25, 0.3) is 0 Å².